The zero-order valence-electron chi connectivity index (χ0n) is 16.7. The highest BCUT2D eigenvalue weighted by molar-refractivity contribution is 7.91. The summed E-state index contributed by atoms with van der Waals surface area (Å²) in [6.07, 6.45) is 1.99. The lowest BCUT2D eigenvalue weighted by molar-refractivity contribution is -0.150. The standard InChI is InChI=1S/C21H24Cl2O6S/c1-19(25)8-9-21-17(19)15-11(6-7-20(21,2)29-21)12(18(24)28-15)10-30(26,27)16-13(22)4-3-5-14(16)23/h3-5,11-12,15,17,25H,6-10H2,1-2H3/t11-,12-,15-,17-,19+,20-,21+/m0/s1. The maximum absolute atomic E-state index is 13.2. The van der Waals surface area contributed by atoms with Crippen molar-refractivity contribution in [2.45, 2.75) is 67.3 Å². The number of fused-ring (bicyclic) bond motifs is 2. The molecule has 4 aliphatic rings. The van der Waals surface area contributed by atoms with Crippen LogP contribution in [0.2, 0.25) is 10.0 Å². The Morgan fingerprint density at radius 1 is 1.17 bits per heavy atom. The largest absolute Gasteiger partial charge is 0.461 e. The Bertz CT molecular complexity index is 1020. The van der Waals surface area contributed by atoms with Gasteiger partial charge in [0, 0.05) is 5.92 Å². The number of halogens is 2. The van der Waals surface area contributed by atoms with Crippen molar-refractivity contribution in [2.75, 3.05) is 5.75 Å². The smallest absolute Gasteiger partial charge is 0.310 e. The van der Waals surface area contributed by atoms with E-state index in [-0.39, 0.29) is 32.4 Å². The van der Waals surface area contributed by atoms with Gasteiger partial charge in [-0.05, 0) is 51.7 Å². The minimum absolute atomic E-state index is 0.0334. The second-order valence-corrected chi connectivity index (χ2v) is 12.4. The SMILES string of the molecule is C[C@@]1(O)CC[C@]23O[C@@]2(C)CC[C@@H]2[C@H](OC(=O)[C@H]2CS(=O)(=O)c2c(Cl)cccc2Cl)[C@@H]13. The van der Waals surface area contributed by atoms with Crippen molar-refractivity contribution in [3.63, 3.8) is 0 Å². The molecule has 2 saturated heterocycles. The Balaban J connectivity index is 1.50. The van der Waals surface area contributed by atoms with Gasteiger partial charge in [0.05, 0.1) is 38.8 Å². The fourth-order valence-electron chi connectivity index (χ4n) is 6.34. The molecule has 1 N–H and O–H groups in total. The van der Waals surface area contributed by atoms with E-state index in [2.05, 4.69) is 0 Å². The maximum atomic E-state index is 13.2. The molecule has 0 amide bonds. The molecule has 1 aromatic carbocycles. The van der Waals surface area contributed by atoms with E-state index in [1.54, 1.807) is 13.0 Å². The molecule has 30 heavy (non-hydrogen) atoms. The molecule has 4 fully saturated rings. The van der Waals surface area contributed by atoms with Crippen LogP contribution in [0.25, 0.3) is 0 Å². The van der Waals surface area contributed by atoms with Crippen LogP contribution in [0.4, 0.5) is 0 Å². The van der Waals surface area contributed by atoms with Crippen molar-refractivity contribution >= 4 is 39.0 Å². The van der Waals surface area contributed by atoms with Gasteiger partial charge in [0.1, 0.15) is 16.6 Å². The molecule has 2 saturated carbocycles. The first kappa shape index (κ1) is 21.0. The van der Waals surface area contributed by atoms with Crippen molar-refractivity contribution < 1.29 is 27.8 Å². The van der Waals surface area contributed by atoms with Crippen LogP contribution in [0.15, 0.2) is 23.1 Å². The number of sulfone groups is 1. The molecule has 9 heteroatoms. The number of benzene rings is 1. The number of hydrogen-bond donors (Lipinski definition) is 1. The van der Waals surface area contributed by atoms with Gasteiger partial charge in [-0.15, -0.1) is 0 Å². The highest BCUT2D eigenvalue weighted by Crippen LogP contribution is 2.69. The summed E-state index contributed by atoms with van der Waals surface area (Å²) in [6, 6.07) is 4.50. The van der Waals surface area contributed by atoms with Gasteiger partial charge in [0.15, 0.2) is 9.84 Å². The Morgan fingerprint density at radius 3 is 2.50 bits per heavy atom. The summed E-state index contributed by atoms with van der Waals surface area (Å²) in [6.45, 7) is 3.80. The van der Waals surface area contributed by atoms with E-state index in [9.17, 15) is 18.3 Å². The first-order valence-electron chi connectivity index (χ1n) is 10.2. The fraction of sp³-hybridized carbons (Fsp3) is 0.667. The highest BCUT2D eigenvalue weighted by atomic mass is 35.5. The molecule has 6 nitrogen and oxygen atoms in total. The lowest BCUT2D eigenvalue weighted by Gasteiger charge is -2.34. The lowest BCUT2D eigenvalue weighted by atomic mass is 9.75. The molecule has 0 radical (unpaired) electrons. The molecule has 0 aromatic heterocycles. The molecular formula is C21H24Cl2O6S. The quantitative estimate of drug-likeness (QED) is 0.532. The summed E-state index contributed by atoms with van der Waals surface area (Å²) < 4.78 is 38.3. The molecule has 1 spiro atoms. The number of carbonyl (C=O) groups is 1. The van der Waals surface area contributed by atoms with Crippen molar-refractivity contribution in [2.24, 2.45) is 17.8 Å². The summed E-state index contributed by atoms with van der Waals surface area (Å²) in [7, 11) is -3.93. The van der Waals surface area contributed by atoms with Crippen LogP contribution in [0, 0.1) is 17.8 Å². The monoisotopic (exact) mass is 474 g/mol. The predicted octanol–water partition coefficient (Wildman–Crippen LogP) is 3.41. The maximum Gasteiger partial charge on any atom is 0.310 e. The number of aliphatic hydroxyl groups is 1. The Morgan fingerprint density at radius 2 is 1.83 bits per heavy atom. The van der Waals surface area contributed by atoms with E-state index in [1.807, 2.05) is 6.92 Å². The highest BCUT2D eigenvalue weighted by Gasteiger charge is 2.80. The van der Waals surface area contributed by atoms with Gasteiger partial charge in [-0.3, -0.25) is 4.79 Å². The van der Waals surface area contributed by atoms with Gasteiger partial charge >= 0.3 is 5.97 Å². The normalized spacial score (nSPS) is 44.6. The Labute approximate surface area is 185 Å². The van der Waals surface area contributed by atoms with E-state index >= 15 is 0 Å². The number of hydrogen-bond acceptors (Lipinski definition) is 6. The average Bonchev–Trinajstić information content (AvgIpc) is 3.00. The first-order valence-corrected chi connectivity index (χ1v) is 12.6. The van der Waals surface area contributed by atoms with E-state index in [4.69, 9.17) is 32.7 Å². The third-order valence-corrected chi connectivity index (χ3v) is 10.6. The zero-order valence-corrected chi connectivity index (χ0v) is 19.1. The van der Waals surface area contributed by atoms with Crippen molar-refractivity contribution in [1.29, 1.82) is 0 Å². The molecule has 2 aliphatic heterocycles. The van der Waals surface area contributed by atoms with Crippen LogP contribution in [0.1, 0.15) is 39.5 Å². The summed E-state index contributed by atoms with van der Waals surface area (Å²) in [5.41, 5.74) is -1.91. The van der Waals surface area contributed by atoms with Crippen LogP contribution in [-0.2, 0) is 24.1 Å². The number of epoxide rings is 1. The van der Waals surface area contributed by atoms with E-state index in [0.29, 0.717) is 25.7 Å². The first-order chi connectivity index (χ1) is 13.9. The third-order valence-electron chi connectivity index (χ3n) is 7.84. The van der Waals surface area contributed by atoms with Gasteiger partial charge in [0.25, 0.3) is 0 Å². The van der Waals surface area contributed by atoms with Gasteiger partial charge in [-0.1, -0.05) is 29.3 Å². The number of rotatable bonds is 3. The van der Waals surface area contributed by atoms with Crippen LogP contribution >= 0.6 is 23.2 Å². The van der Waals surface area contributed by atoms with Crippen LogP contribution in [0.5, 0.6) is 0 Å². The minimum atomic E-state index is -3.93. The minimum Gasteiger partial charge on any atom is -0.461 e. The van der Waals surface area contributed by atoms with Gasteiger partial charge in [0.2, 0.25) is 0 Å². The zero-order chi connectivity index (χ0) is 21.7. The van der Waals surface area contributed by atoms with Crippen molar-refractivity contribution in [3.8, 4) is 0 Å². The van der Waals surface area contributed by atoms with Crippen molar-refractivity contribution in [1.82, 2.24) is 0 Å². The Kier molecular flexibility index (Phi) is 4.45. The molecular weight excluding hydrogens is 451 g/mol. The fourth-order valence-corrected chi connectivity index (χ4v) is 9.20. The van der Waals surface area contributed by atoms with Gasteiger partial charge in [-0.2, -0.15) is 0 Å². The molecule has 2 aliphatic carbocycles. The molecule has 0 unspecified atom stereocenters. The molecule has 2 heterocycles. The average molecular weight is 475 g/mol. The Hall–Kier alpha value is -0.860. The number of carbonyl (C=O) groups excluding carboxylic acids is 1. The summed E-state index contributed by atoms with van der Waals surface area (Å²) in [5.74, 6) is -2.48. The lowest BCUT2D eigenvalue weighted by Crippen LogP contribution is -2.47. The van der Waals surface area contributed by atoms with Crippen LogP contribution < -0.4 is 0 Å². The number of esters is 1. The van der Waals surface area contributed by atoms with Crippen LogP contribution in [-0.4, -0.2) is 48.2 Å². The van der Waals surface area contributed by atoms with Crippen molar-refractivity contribution in [3.05, 3.63) is 28.2 Å². The second-order valence-electron chi connectivity index (χ2n) is 9.60. The summed E-state index contributed by atoms with van der Waals surface area (Å²) >= 11 is 12.2. The molecule has 5 rings (SSSR count). The second kappa shape index (κ2) is 6.35. The molecule has 1 aromatic rings. The molecule has 164 valence electrons. The predicted molar refractivity (Wildman–Crippen MR) is 110 cm³/mol. The van der Waals surface area contributed by atoms with E-state index in [1.165, 1.54) is 12.1 Å². The van der Waals surface area contributed by atoms with Gasteiger partial charge in [-0.25, -0.2) is 8.42 Å². The molecule has 7 atom stereocenters. The summed E-state index contributed by atoms with van der Waals surface area (Å²) in [4.78, 5) is 12.7. The number of ether oxygens (including phenoxy) is 2. The van der Waals surface area contributed by atoms with Gasteiger partial charge < -0.3 is 14.6 Å². The van der Waals surface area contributed by atoms with Crippen LogP contribution in [0.3, 0.4) is 0 Å². The van der Waals surface area contributed by atoms with E-state index < -0.39 is 44.8 Å². The van der Waals surface area contributed by atoms with E-state index in [0.717, 1.165) is 0 Å². The topological polar surface area (TPSA) is 93.2 Å². The summed E-state index contributed by atoms with van der Waals surface area (Å²) in [5, 5.41) is 11.2. The molecule has 0 bridgehead atoms. The third kappa shape index (κ3) is 2.75.